The normalized spacial score (nSPS) is 11.9. The van der Waals surface area contributed by atoms with E-state index in [0.29, 0.717) is 18.4 Å². The zero-order chi connectivity index (χ0) is 16.8. The Balaban J connectivity index is 1.94. The van der Waals surface area contributed by atoms with E-state index in [9.17, 15) is 14.7 Å². The number of aryl methyl sites for hydroxylation is 3. The van der Waals surface area contributed by atoms with Gasteiger partial charge in [-0.25, -0.2) is 4.79 Å². The SMILES string of the molecule is Cc1ccc(C(NC(=O)CCCc2cccs2)C(=O)O)cc1C. The van der Waals surface area contributed by atoms with Gasteiger partial charge in [0.15, 0.2) is 6.04 Å². The maximum Gasteiger partial charge on any atom is 0.330 e. The molecular formula is C18H21NO3S. The van der Waals surface area contributed by atoms with Crippen molar-refractivity contribution in [3.63, 3.8) is 0 Å². The summed E-state index contributed by atoms with van der Waals surface area (Å²) in [7, 11) is 0. The highest BCUT2D eigenvalue weighted by Crippen LogP contribution is 2.18. The van der Waals surface area contributed by atoms with Crippen LogP contribution in [0.4, 0.5) is 0 Å². The topological polar surface area (TPSA) is 66.4 Å². The lowest BCUT2D eigenvalue weighted by molar-refractivity contribution is -0.142. The summed E-state index contributed by atoms with van der Waals surface area (Å²) in [6.45, 7) is 3.90. The molecule has 122 valence electrons. The summed E-state index contributed by atoms with van der Waals surface area (Å²) in [5.74, 6) is -1.27. The van der Waals surface area contributed by atoms with Crippen LogP contribution in [0.15, 0.2) is 35.7 Å². The van der Waals surface area contributed by atoms with Gasteiger partial charge in [0.1, 0.15) is 0 Å². The molecule has 1 amide bonds. The Morgan fingerprint density at radius 3 is 2.61 bits per heavy atom. The van der Waals surface area contributed by atoms with Gasteiger partial charge in [0.2, 0.25) is 5.91 Å². The summed E-state index contributed by atoms with van der Waals surface area (Å²) in [6, 6.07) is 8.48. The van der Waals surface area contributed by atoms with Crippen molar-refractivity contribution in [1.82, 2.24) is 5.32 Å². The minimum Gasteiger partial charge on any atom is -0.479 e. The lowest BCUT2D eigenvalue weighted by Gasteiger charge is -2.16. The Kier molecular flexibility index (Phi) is 5.93. The van der Waals surface area contributed by atoms with Crippen LogP contribution in [0.1, 0.15) is 40.5 Å². The molecule has 0 spiro atoms. The maximum atomic E-state index is 12.0. The second kappa shape index (κ2) is 7.92. The molecule has 4 nitrogen and oxygen atoms in total. The fourth-order valence-corrected chi connectivity index (χ4v) is 3.09. The Morgan fingerprint density at radius 2 is 2.00 bits per heavy atom. The number of carbonyl (C=O) groups excluding carboxylic acids is 1. The molecule has 0 fully saturated rings. The number of thiophene rings is 1. The number of hydrogen-bond donors (Lipinski definition) is 2. The van der Waals surface area contributed by atoms with Crippen molar-refractivity contribution in [2.45, 2.75) is 39.2 Å². The molecule has 1 unspecified atom stereocenters. The van der Waals surface area contributed by atoms with Gasteiger partial charge in [-0.2, -0.15) is 0 Å². The lowest BCUT2D eigenvalue weighted by Crippen LogP contribution is -2.33. The number of amides is 1. The van der Waals surface area contributed by atoms with E-state index in [4.69, 9.17) is 0 Å². The maximum absolute atomic E-state index is 12.0. The molecule has 5 heteroatoms. The molecule has 2 rings (SSSR count). The summed E-state index contributed by atoms with van der Waals surface area (Å²) in [6.07, 6.45) is 1.88. The largest absolute Gasteiger partial charge is 0.479 e. The standard InChI is InChI=1S/C18H21NO3S/c1-12-8-9-14(11-13(12)2)17(18(21)22)19-16(20)7-3-5-15-6-4-10-23-15/h4,6,8-11,17H,3,5,7H2,1-2H3,(H,19,20)(H,21,22). The predicted octanol–water partition coefficient (Wildman–Crippen LogP) is 3.63. The first-order chi connectivity index (χ1) is 11.0. The molecule has 0 bridgehead atoms. The van der Waals surface area contributed by atoms with Crippen LogP contribution in [-0.2, 0) is 16.0 Å². The van der Waals surface area contributed by atoms with E-state index in [1.54, 1.807) is 17.4 Å². The van der Waals surface area contributed by atoms with Crippen LogP contribution in [0.2, 0.25) is 0 Å². The predicted molar refractivity (Wildman–Crippen MR) is 91.7 cm³/mol. The van der Waals surface area contributed by atoms with Crippen molar-refractivity contribution in [2.24, 2.45) is 0 Å². The number of hydrogen-bond acceptors (Lipinski definition) is 3. The molecule has 2 N–H and O–H groups in total. The average molecular weight is 331 g/mol. The first kappa shape index (κ1) is 17.2. The third kappa shape index (κ3) is 4.93. The minimum absolute atomic E-state index is 0.229. The molecule has 0 aliphatic heterocycles. The minimum atomic E-state index is -1.04. The molecule has 1 aromatic carbocycles. The Morgan fingerprint density at radius 1 is 1.22 bits per heavy atom. The second-order valence-electron chi connectivity index (χ2n) is 5.62. The molecule has 0 aliphatic carbocycles. The van der Waals surface area contributed by atoms with Crippen LogP contribution < -0.4 is 5.32 Å². The van der Waals surface area contributed by atoms with Crippen LogP contribution >= 0.6 is 11.3 Å². The average Bonchev–Trinajstić information content (AvgIpc) is 3.01. The van der Waals surface area contributed by atoms with Crippen LogP contribution in [0.25, 0.3) is 0 Å². The zero-order valence-electron chi connectivity index (χ0n) is 13.3. The summed E-state index contributed by atoms with van der Waals surface area (Å²) < 4.78 is 0. The molecule has 23 heavy (non-hydrogen) atoms. The first-order valence-electron chi connectivity index (χ1n) is 7.59. The van der Waals surface area contributed by atoms with E-state index in [-0.39, 0.29) is 5.91 Å². The highest BCUT2D eigenvalue weighted by molar-refractivity contribution is 7.09. The highest BCUT2D eigenvalue weighted by atomic mass is 32.1. The summed E-state index contributed by atoms with van der Waals surface area (Å²) >= 11 is 1.67. The third-order valence-corrected chi connectivity index (χ3v) is 4.76. The van der Waals surface area contributed by atoms with Crippen molar-refractivity contribution in [3.8, 4) is 0 Å². The molecule has 1 heterocycles. The molecule has 2 aromatic rings. The van der Waals surface area contributed by atoms with Gasteiger partial charge in [0.05, 0.1) is 0 Å². The van der Waals surface area contributed by atoms with Gasteiger partial charge in [-0.05, 0) is 54.8 Å². The van der Waals surface area contributed by atoms with Gasteiger partial charge in [0.25, 0.3) is 0 Å². The Labute approximate surface area is 140 Å². The molecule has 1 aromatic heterocycles. The quantitative estimate of drug-likeness (QED) is 0.814. The zero-order valence-corrected chi connectivity index (χ0v) is 14.2. The van der Waals surface area contributed by atoms with Crippen LogP contribution in [0, 0.1) is 13.8 Å². The van der Waals surface area contributed by atoms with E-state index in [2.05, 4.69) is 5.32 Å². The van der Waals surface area contributed by atoms with E-state index in [1.165, 1.54) is 4.88 Å². The lowest BCUT2D eigenvalue weighted by atomic mass is 10.0. The fraction of sp³-hybridized carbons (Fsp3) is 0.333. The van der Waals surface area contributed by atoms with E-state index >= 15 is 0 Å². The van der Waals surface area contributed by atoms with E-state index in [1.807, 2.05) is 43.5 Å². The van der Waals surface area contributed by atoms with Gasteiger partial charge in [-0.3, -0.25) is 4.79 Å². The molecule has 0 saturated carbocycles. The molecule has 1 atom stereocenters. The Hall–Kier alpha value is -2.14. The number of carbonyl (C=O) groups is 2. The van der Waals surface area contributed by atoms with E-state index < -0.39 is 12.0 Å². The number of benzene rings is 1. The molecular weight excluding hydrogens is 310 g/mol. The van der Waals surface area contributed by atoms with Crippen molar-refractivity contribution in [2.75, 3.05) is 0 Å². The molecule has 0 aliphatic rings. The first-order valence-corrected chi connectivity index (χ1v) is 8.47. The van der Waals surface area contributed by atoms with Gasteiger partial charge in [0, 0.05) is 11.3 Å². The van der Waals surface area contributed by atoms with Gasteiger partial charge >= 0.3 is 5.97 Å². The molecule has 0 radical (unpaired) electrons. The number of carboxylic acids is 1. The van der Waals surface area contributed by atoms with Gasteiger partial charge in [-0.1, -0.05) is 24.3 Å². The van der Waals surface area contributed by atoms with Crippen molar-refractivity contribution in [1.29, 1.82) is 0 Å². The number of carboxylic acid groups (broad SMARTS) is 1. The van der Waals surface area contributed by atoms with Crippen LogP contribution in [-0.4, -0.2) is 17.0 Å². The number of rotatable bonds is 7. The molecule has 0 saturated heterocycles. The third-order valence-electron chi connectivity index (χ3n) is 3.82. The van der Waals surface area contributed by atoms with Gasteiger partial charge in [-0.15, -0.1) is 11.3 Å². The Bertz CT molecular complexity index is 680. The van der Waals surface area contributed by atoms with Crippen LogP contribution in [0.5, 0.6) is 0 Å². The van der Waals surface area contributed by atoms with E-state index in [0.717, 1.165) is 17.5 Å². The second-order valence-corrected chi connectivity index (χ2v) is 6.65. The fourth-order valence-electron chi connectivity index (χ4n) is 2.34. The summed E-state index contributed by atoms with van der Waals surface area (Å²) in [5, 5.41) is 14.0. The van der Waals surface area contributed by atoms with Crippen LogP contribution in [0.3, 0.4) is 0 Å². The summed E-state index contributed by atoms with van der Waals surface area (Å²) in [5.41, 5.74) is 2.72. The number of aliphatic carboxylic acids is 1. The van der Waals surface area contributed by atoms with Crippen molar-refractivity contribution < 1.29 is 14.7 Å². The van der Waals surface area contributed by atoms with Crippen molar-refractivity contribution in [3.05, 3.63) is 57.3 Å². The summed E-state index contributed by atoms with van der Waals surface area (Å²) in [4.78, 5) is 24.8. The monoisotopic (exact) mass is 331 g/mol. The van der Waals surface area contributed by atoms with Gasteiger partial charge < -0.3 is 10.4 Å². The smallest absolute Gasteiger partial charge is 0.330 e. The highest BCUT2D eigenvalue weighted by Gasteiger charge is 2.22. The van der Waals surface area contributed by atoms with Crippen molar-refractivity contribution >= 4 is 23.2 Å². The number of nitrogens with one attached hydrogen (secondary N) is 1.